The Bertz CT molecular complexity index is 516. The third-order valence-electron chi connectivity index (χ3n) is 5.02. The SMILES string of the molecule is C=CCOc1cc(C(C)(C)CC)c(OCC=C)cc1C(C)(C)CC. The number of hydrogen-bond donors (Lipinski definition) is 0. The van der Waals surface area contributed by atoms with Gasteiger partial charge in [-0.2, -0.15) is 0 Å². The van der Waals surface area contributed by atoms with Gasteiger partial charge in [-0.05, 0) is 35.8 Å². The molecule has 134 valence electrons. The first-order chi connectivity index (χ1) is 11.2. The Labute approximate surface area is 148 Å². The molecule has 0 aliphatic rings. The average molecular weight is 331 g/mol. The predicted molar refractivity (Wildman–Crippen MR) is 104 cm³/mol. The number of ether oxygens (including phenoxy) is 2. The van der Waals surface area contributed by atoms with Crippen molar-refractivity contribution in [3.05, 3.63) is 48.6 Å². The van der Waals surface area contributed by atoms with Gasteiger partial charge in [0.05, 0.1) is 0 Å². The molecule has 0 fully saturated rings. The monoisotopic (exact) mass is 330 g/mol. The van der Waals surface area contributed by atoms with E-state index in [9.17, 15) is 0 Å². The third-order valence-corrected chi connectivity index (χ3v) is 5.02. The zero-order valence-electron chi connectivity index (χ0n) is 16.4. The summed E-state index contributed by atoms with van der Waals surface area (Å²) in [5.41, 5.74) is 2.39. The van der Waals surface area contributed by atoms with Gasteiger partial charge in [0.25, 0.3) is 0 Å². The number of hydrogen-bond acceptors (Lipinski definition) is 2. The summed E-state index contributed by atoms with van der Waals surface area (Å²) in [4.78, 5) is 0. The zero-order chi connectivity index (χ0) is 18.4. The molecule has 0 bridgehead atoms. The molecule has 1 aromatic carbocycles. The molecule has 0 aromatic heterocycles. The van der Waals surface area contributed by atoms with Gasteiger partial charge >= 0.3 is 0 Å². The Morgan fingerprint density at radius 1 is 0.792 bits per heavy atom. The summed E-state index contributed by atoms with van der Waals surface area (Å²) >= 11 is 0. The Morgan fingerprint density at radius 2 is 1.12 bits per heavy atom. The molecule has 0 amide bonds. The summed E-state index contributed by atoms with van der Waals surface area (Å²) < 4.78 is 12.0. The van der Waals surface area contributed by atoms with E-state index in [0.717, 1.165) is 24.3 Å². The van der Waals surface area contributed by atoms with Gasteiger partial charge in [-0.25, -0.2) is 0 Å². The highest BCUT2D eigenvalue weighted by atomic mass is 16.5. The first kappa shape index (κ1) is 20.3. The molecule has 0 atom stereocenters. The lowest BCUT2D eigenvalue weighted by Gasteiger charge is -2.31. The molecule has 2 heteroatoms. The second-order valence-electron chi connectivity index (χ2n) is 7.52. The molecule has 0 aliphatic carbocycles. The molecule has 0 unspecified atom stereocenters. The van der Waals surface area contributed by atoms with Crippen LogP contribution in [0.25, 0.3) is 0 Å². The van der Waals surface area contributed by atoms with E-state index in [1.807, 2.05) is 0 Å². The fraction of sp³-hybridized carbons (Fsp3) is 0.545. The second kappa shape index (κ2) is 8.41. The first-order valence-electron chi connectivity index (χ1n) is 8.89. The van der Waals surface area contributed by atoms with E-state index in [1.165, 1.54) is 11.1 Å². The summed E-state index contributed by atoms with van der Waals surface area (Å²) in [6.45, 7) is 21.9. The van der Waals surface area contributed by atoms with E-state index in [0.29, 0.717) is 13.2 Å². The van der Waals surface area contributed by atoms with E-state index in [1.54, 1.807) is 12.2 Å². The van der Waals surface area contributed by atoms with Crippen molar-refractivity contribution in [3.8, 4) is 11.5 Å². The Balaban J connectivity index is 3.57. The fourth-order valence-corrected chi connectivity index (χ4v) is 2.53. The molecule has 1 rings (SSSR count). The molecule has 2 nitrogen and oxygen atoms in total. The normalized spacial score (nSPS) is 11.9. The molecule has 0 saturated heterocycles. The Morgan fingerprint density at radius 3 is 1.38 bits per heavy atom. The van der Waals surface area contributed by atoms with Gasteiger partial charge in [-0.3, -0.25) is 0 Å². The molecule has 0 saturated carbocycles. The summed E-state index contributed by atoms with van der Waals surface area (Å²) in [5.74, 6) is 1.87. The molecule has 1 aromatic rings. The minimum Gasteiger partial charge on any atom is -0.489 e. The summed E-state index contributed by atoms with van der Waals surface area (Å²) in [7, 11) is 0. The molecule has 0 N–H and O–H groups in total. The summed E-state index contributed by atoms with van der Waals surface area (Å²) in [6.07, 6.45) is 5.62. The molecular weight excluding hydrogens is 296 g/mol. The second-order valence-corrected chi connectivity index (χ2v) is 7.52. The first-order valence-corrected chi connectivity index (χ1v) is 8.89. The van der Waals surface area contributed by atoms with Crippen LogP contribution in [0.4, 0.5) is 0 Å². The van der Waals surface area contributed by atoms with Crippen LogP contribution in [0.1, 0.15) is 65.5 Å². The van der Waals surface area contributed by atoms with Crippen LogP contribution in [-0.2, 0) is 10.8 Å². The van der Waals surface area contributed by atoms with Crippen molar-refractivity contribution in [2.24, 2.45) is 0 Å². The van der Waals surface area contributed by atoms with E-state index in [4.69, 9.17) is 9.47 Å². The highest BCUT2D eigenvalue weighted by Crippen LogP contribution is 2.43. The molecule has 24 heavy (non-hydrogen) atoms. The van der Waals surface area contributed by atoms with Gasteiger partial charge in [-0.1, -0.05) is 66.9 Å². The maximum absolute atomic E-state index is 6.02. The molecular formula is C22H34O2. The van der Waals surface area contributed by atoms with E-state index < -0.39 is 0 Å². The van der Waals surface area contributed by atoms with Crippen molar-refractivity contribution >= 4 is 0 Å². The molecule has 0 spiro atoms. The fourth-order valence-electron chi connectivity index (χ4n) is 2.53. The minimum atomic E-state index is 0.0116. The number of benzene rings is 1. The smallest absolute Gasteiger partial charge is 0.124 e. The summed E-state index contributed by atoms with van der Waals surface area (Å²) in [5, 5.41) is 0. The minimum absolute atomic E-state index is 0.0116. The van der Waals surface area contributed by atoms with E-state index in [-0.39, 0.29) is 10.8 Å². The van der Waals surface area contributed by atoms with Crippen LogP contribution in [0.3, 0.4) is 0 Å². The van der Waals surface area contributed by atoms with Crippen molar-refractivity contribution in [3.63, 3.8) is 0 Å². The quantitative estimate of drug-likeness (QED) is 0.476. The van der Waals surface area contributed by atoms with Crippen molar-refractivity contribution in [1.29, 1.82) is 0 Å². The van der Waals surface area contributed by atoms with Gasteiger partial charge < -0.3 is 9.47 Å². The number of rotatable bonds is 10. The summed E-state index contributed by atoms with van der Waals surface area (Å²) in [6, 6.07) is 4.33. The van der Waals surface area contributed by atoms with Gasteiger partial charge in [0.2, 0.25) is 0 Å². The highest BCUT2D eigenvalue weighted by Gasteiger charge is 2.29. The molecule has 0 radical (unpaired) electrons. The van der Waals surface area contributed by atoms with Gasteiger partial charge in [0, 0.05) is 11.1 Å². The van der Waals surface area contributed by atoms with Gasteiger partial charge in [0.15, 0.2) is 0 Å². The molecule has 0 heterocycles. The van der Waals surface area contributed by atoms with Crippen LogP contribution >= 0.6 is 0 Å². The lowest BCUT2D eigenvalue weighted by atomic mass is 9.77. The van der Waals surface area contributed by atoms with E-state index >= 15 is 0 Å². The third kappa shape index (κ3) is 4.66. The van der Waals surface area contributed by atoms with Crippen molar-refractivity contribution in [1.82, 2.24) is 0 Å². The highest BCUT2D eigenvalue weighted by molar-refractivity contribution is 5.52. The Hall–Kier alpha value is -1.70. The van der Waals surface area contributed by atoms with Crippen LogP contribution in [0, 0.1) is 0 Å². The van der Waals surface area contributed by atoms with Crippen LogP contribution in [0.5, 0.6) is 11.5 Å². The van der Waals surface area contributed by atoms with Crippen molar-refractivity contribution < 1.29 is 9.47 Å². The maximum atomic E-state index is 6.02. The largest absolute Gasteiger partial charge is 0.489 e. The Kier molecular flexibility index (Phi) is 7.13. The van der Waals surface area contributed by atoms with Crippen molar-refractivity contribution in [2.75, 3.05) is 13.2 Å². The maximum Gasteiger partial charge on any atom is 0.124 e. The zero-order valence-corrected chi connectivity index (χ0v) is 16.4. The van der Waals surface area contributed by atoms with Gasteiger partial charge in [-0.15, -0.1) is 0 Å². The standard InChI is InChI=1S/C22H34O2/c1-9-13-23-19-15-18(22(7,8)12-4)20(24-14-10-2)16-17(19)21(5,6)11-3/h9-10,15-16H,1-2,11-14H2,3-8H3. The van der Waals surface area contributed by atoms with Crippen molar-refractivity contribution in [2.45, 2.75) is 65.2 Å². The topological polar surface area (TPSA) is 18.5 Å². The molecule has 0 aliphatic heterocycles. The van der Waals surface area contributed by atoms with Crippen LogP contribution in [0.15, 0.2) is 37.4 Å². The average Bonchev–Trinajstić information content (AvgIpc) is 2.57. The van der Waals surface area contributed by atoms with Crippen LogP contribution in [0.2, 0.25) is 0 Å². The van der Waals surface area contributed by atoms with Gasteiger partial charge in [0.1, 0.15) is 24.7 Å². The lowest BCUT2D eigenvalue weighted by molar-refractivity contribution is 0.327. The van der Waals surface area contributed by atoms with Crippen LogP contribution in [-0.4, -0.2) is 13.2 Å². The van der Waals surface area contributed by atoms with Crippen LogP contribution < -0.4 is 9.47 Å². The lowest BCUT2D eigenvalue weighted by Crippen LogP contribution is -2.21. The van der Waals surface area contributed by atoms with E-state index in [2.05, 4.69) is 66.8 Å². The predicted octanol–water partition coefficient (Wildman–Crippen LogP) is 6.19.